The standard InChI is InChI=1S/C17H14N2OS2/c20-15(10-12-5-3-9-21-12)18-17-19-16-13-6-2-1-4-11(13)7-8-14(16)22-17/h1-6,9H,7-8,10H2,(H,18,19,20). The zero-order chi connectivity index (χ0) is 14.9. The minimum absolute atomic E-state index is 0.00170. The monoisotopic (exact) mass is 326 g/mol. The maximum absolute atomic E-state index is 12.1. The van der Waals surface area contributed by atoms with E-state index >= 15 is 0 Å². The van der Waals surface area contributed by atoms with Gasteiger partial charge in [0.1, 0.15) is 0 Å². The van der Waals surface area contributed by atoms with Gasteiger partial charge in [0.05, 0.1) is 12.1 Å². The van der Waals surface area contributed by atoms with Crippen LogP contribution < -0.4 is 5.32 Å². The van der Waals surface area contributed by atoms with E-state index < -0.39 is 0 Å². The minimum atomic E-state index is 0.00170. The second-order valence-electron chi connectivity index (χ2n) is 5.25. The second kappa shape index (κ2) is 5.66. The molecule has 0 saturated carbocycles. The lowest BCUT2D eigenvalue weighted by Gasteiger charge is -2.13. The summed E-state index contributed by atoms with van der Waals surface area (Å²) in [5.41, 5.74) is 3.59. The highest BCUT2D eigenvalue weighted by Gasteiger charge is 2.21. The highest BCUT2D eigenvalue weighted by molar-refractivity contribution is 7.16. The summed E-state index contributed by atoms with van der Waals surface area (Å²) in [6, 6.07) is 12.3. The number of carbonyl (C=O) groups is 1. The van der Waals surface area contributed by atoms with Crippen molar-refractivity contribution in [1.29, 1.82) is 0 Å². The molecule has 0 unspecified atom stereocenters. The molecule has 0 bridgehead atoms. The molecule has 3 aromatic rings. The molecule has 1 aromatic carbocycles. The van der Waals surface area contributed by atoms with Crippen LogP contribution in [0, 0.1) is 0 Å². The first kappa shape index (κ1) is 13.7. The summed E-state index contributed by atoms with van der Waals surface area (Å²) < 4.78 is 0. The van der Waals surface area contributed by atoms with Crippen LogP contribution in [-0.2, 0) is 24.1 Å². The van der Waals surface area contributed by atoms with Crippen LogP contribution in [0.25, 0.3) is 11.3 Å². The number of anilines is 1. The van der Waals surface area contributed by atoms with Crippen LogP contribution in [0.1, 0.15) is 15.3 Å². The molecule has 110 valence electrons. The number of aryl methyl sites for hydroxylation is 2. The number of carbonyl (C=O) groups excluding carboxylic acids is 1. The number of thiazole rings is 1. The first-order valence-corrected chi connectivity index (χ1v) is 8.89. The zero-order valence-corrected chi connectivity index (χ0v) is 13.5. The molecule has 0 aliphatic heterocycles. The molecule has 0 spiro atoms. The SMILES string of the molecule is O=C(Cc1cccs1)Nc1nc2c(s1)CCc1ccccc1-2. The second-order valence-corrected chi connectivity index (χ2v) is 7.37. The molecule has 1 aliphatic rings. The van der Waals surface area contributed by atoms with Crippen LogP contribution in [-0.4, -0.2) is 10.9 Å². The number of amides is 1. The van der Waals surface area contributed by atoms with Crippen molar-refractivity contribution in [1.82, 2.24) is 4.98 Å². The van der Waals surface area contributed by atoms with E-state index in [0.29, 0.717) is 11.6 Å². The Morgan fingerprint density at radius 2 is 2.09 bits per heavy atom. The summed E-state index contributed by atoms with van der Waals surface area (Å²) in [5, 5.41) is 5.64. The molecule has 2 heterocycles. The molecule has 0 radical (unpaired) electrons. The van der Waals surface area contributed by atoms with Gasteiger partial charge in [-0.25, -0.2) is 4.98 Å². The maximum atomic E-state index is 12.1. The van der Waals surface area contributed by atoms with Crippen molar-refractivity contribution in [3.05, 3.63) is 57.1 Å². The van der Waals surface area contributed by atoms with Gasteiger partial charge in [0.2, 0.25) is 5.91 Å². The molecule has 0 saturated heterocycles. The molecule has 1 amide bonds. The summed E-state index contributed by atoms with van der Waals surface area (Å²) >= 11 is 3.20. The lowest BCUT2D eigenvalue weighted by Crippen LogP contribution is -2.13. The van der Waals surface area contributed by atoms with Crippen LogP contribution in [0.4, 0.5) is 5.13 Å². The van der Waals surface area contributed by atoms with Gasteiger partial charge in [-0.2, -0.15) is 0 Å². The molecular weight excluding hydrogens is 312 g/mol. The fourth-order valence-corrected chi connectivity index (χ4v) is 4.43. The fourth-order valence-electron chi connectivity index (χ4n) is 2.74. The Hall–Kier alpha value is -1.98. The molecule has 3 nitrogen and oxygen atoms in total. The largest absolute Gasteiger partial charge is 0.302 e. The van der Waals surface area contributed by atoms with Gasteiger partial charge >= 0.3 is 0 Å². The third kappa shape index (κ3) is 2.58. The van der Waals surface area contributed by atoms with Gasteiger partial charge < -0.3 is 5.32 Å². The van der Waals surface area contributed by atoms with E-state index in [2.05, 4.69) is 28.5 Å². The molecule has 1 aliphatic carbocycles. The van der Waals surface area contributed by atoms with E-state index in [1.54, 1.807) is 22.7 Å². The molecule has 22 heavy (non-hydrogen) atoms. The Labute approximate surface area is 136 Å². The molecule has 4 rings (SSSR count). The number of benzene rings is 1. The molecule has 1 N–H and O–H groups in total. The van der Waals surface area contributed by atoms with Crippen molar-refractivity contribution < 1.29 is 4.79 Å². The molecule has 0 atom stereocenters. The highest BCUT2D eigenvalue weighted by Crippen LogP contribution is 2.37. The number of fused-ring (bicyclic) bond motifs is 3. The lowest BCUT2D eigenvalue weighted by molar-refractivity contribution is -0.115. The Morgan fingerprint density at radius 1 is 1.18 bits per heavy atom. The average molecular weight is 326 g/mol. The van der Waals surface area contributed by atoms with E-state index in [0.717, 1.165) is 23.4 Å². The van der Waals surface area contributed by atoms with E-state index in [9.17, 15) is 4.79 Å². The first-order valence-electron chi connectivity index (χ1n) is 7.20. The topological polar surface area (TPSA) is 42.0 Å². The van der Waals surface area contributed by atoms with Crippen LogP contribution in [0.15, 0.2) is 41.8 Å². The van der Waals surface area contributed by atoms with Gasteiger partial charge in [-0.3, -0.25) is 4.79 Å². The number of hydrogen-bond acceptors (Lipinski definition) is 4. The summed E-state index contributed by atoms with van der Waals surface area (Å²) in [6.45, 7) is 0. The third-order valence-corrected chi connectivity index (χ3v) is 5.66. The van der Waals surface area contributed by atoms with Crippen molar-refractivity contribution in [2.24, 2.45) is 0 Å². The maximum Gasteiger partial charge on any atom is 0.231 e. The normalized spacial score (nSPS) is 12.5. The Kier molecular flexibility index (Phi) is 3.52. The smallest absolute Gasteiger partial charge is 0.231 e. The van der Waals surface area contributed by atoms with Gasteiger partial charge in [-0.15, -0.1) is 22.7 Å². The quantitative estimate of drug-likeness (QED) is 0.785. The third-order valence-electron chi connectivity index (χ3n) is 3.75. The van der Waals surface area contributed by atoms with Gasteiger partial charge in [0, 0.05) is 15.3 Å². The summed E-state index contributed by atoms with van der Waals surface area (Å²) in [4.78, 5) is 19.1. The molecule has 0 fully saturated rings. The summed E-state index contributed by atoms with van der Waals surface area (Å²) in [6.07, 6.45) is 2.47. The van der Waals surface area contributed by atoms with Crippen molar-refractivity contribution >= 4 is 33.7 Å². The van der Waals surface area contributed by atoms with Gasteiger partial charge in [0.25, 0.3) is 0 Å². The van der Waals surface area contributed by atoms with E-state index in [4.69, 9.17) is 0 Å². The zero-order valence-electron chi connectivity index (χ0n) is 11.8. The van der Waals surface area contributed by atoms with Crippen LogP contribution >= 0.6 is 22.7 Å². The number of rotatable bonds is 3. The van der Waals surface area contributed by atoms with E-state index in [1.807, 2.05) is 23.6 Å². The van der Waals surface area contributed by atoms with Crippen molar-refractivity contribution in [2.45, 2.75) is 19.3 Å². The Morgan fingerprint density at radius 3 is 2.95 bits per heavy atom. The van der Waals surface area contributed by atoms with Crippen molar-refractivity contribution in [3.8, 4) is 11.3 Å². The predicted molar refractivity (Wildman–Crippen MR) is 91.6 cm³/mol. The molecule has 5 heteroatoms. The lowest BCUT2D eigenvalue weighted by atomic mass is 9.94. The van der Waals surface area contributed by atoms with E-state index in [1.165, 1.54) is 16.0 Å². The van der Waals surface area contributed by atoms with Gasteiger partial charge in [0.15, 0.2) is 5.13 Å². The predicted octanol–water partition coefficient (Wildman–Crippen LogP) is 4.15. The van der Waals surface area contributed by atoms with Gasteiger partial charge in [-0.05, 0) is 29.9 Å². The van der Waals surface area contributed by atoms with Crippen molar-refractivity contribution in [3.63, 3.8) is 0 Å². The first-order chi connectivity index (χ1) is 10.8. The summed E-state index contributed by atoms with van der Waals surface area (Å²) in [5.74, 6) is 0.00170. The van der Waals surface area contributed by atoms with Gasteiger partial charge in [-0.1, -0.05) is 30.3 Å². The molecule has 2 aromatic heterocycles. The number of hydrogen-bond donors (Lipinski definition) is 1. The number of thiophene rings is 1. The average Bonchev–Trinajstić information content (AvgIpc) is 3.16. The molecular formula is C17H14N2OS2. The highest BCUT2D eigenvalue weighted by atomic mass is 32.1. The number of nitrogens with one attached hydrogen (secondary N) is 1. The van der Waals surface area contributed by atoms with Crippen molar-refractivity contribution in [2.75, 3.05) is 5.32 Å². The number of aromatic nitrogens is 1. The number of nitrogens with zero attached hydrogens (tertiary/aromatic N) is 1. The van der Waals surface area contributed by atoms with Crippen LogP contribution in [0.5, 0.6) is 0 Å². The van der Waals surface area contributed by atoms with Crippen LogP contribution in [0.2, 0.25) is 0 Å². The van der Waals surface area contributed by atoms with E-state index in [-0.39, 0.29) is 5.91 Å². The minimum Gasteiger partial charge on any atom is -0.302 e. The Bertz CT molecular complexity index is 821. The Balaban J connectivity index is 1.56. The fraction of sp³-hybridized carbons (Fsp3) is 0.176. The van der Waals surface area contributed by atoms with Crippen LogP contribution in [0.3, 0.4) is 0 Å². The summed E-state index contributed by atoms with van der Waals surface area (Å²) in [7, 11) is 0.